The summed E-state index contributed by atoms with van der Waals surface area (Å²) in [4.78, 5) is 185. The van der Waals surface area contributed by atoms with Crippen LogP contribution in [0.25, 0.3) is 0 Å². The zero-order chi connectivity index (χ0) is 70.1. The van der Waals surface area contributed by atoms with Crippen molar-refractivity contribution in [1.82, 2.24) is 52.3 Å². The molecule has 4 rings (SSSR count). The van der Waals surface area contributed by atoms with Crippen LogP contribution in [-0.4, -0.2) is 198 Å². The second-order valence-corrected chi connectivity index (χ2v) is 25.1. The van der Waals surface area contributed by atoms with Crippen molar-refractivity contribution in [1.29, 1.82) is 0 Å². The fourth-order valence-electron chi connectivity index (χ4n) is 11.0. The minimum absolute atomic E-state index is 0.0736. The third-order valence-electron chi connectivity index (χ3n) is 16.0. The van der Waals surface area contributed by atoms with E-state index in [-0.39, 0.29) is 83.0 Å². The molecule has 32 heteroatoms. The molecule has 0 aliphatic carbocycles. The van der Waals surface area contributed by atoms with Crippen LogP contribution in [0.5, 0.6) is 0 Å². The number of aliphatic imine (C=N–C) groups is 1. The topological polar surface area (TPSA) is 519 Å². The van der Waals surface area contributed by atoms with Crippen molar-refractivity contribution >= 4 is 94.5 Å². The Bertz CT molecular complexity index is 2960. The summed E-state index contributed by atoms with van der Waals surface area (Å²) in [7, 11) is 0. The van der Waals surface area contributed by atoms with Crippen LogP contribution in [0.1, 0.15) is 121 Å². The van der Waals surface area contributed by atoms with E-state index in [1.54, 1.807) is 60.7 Å². The van der Waals surface area contributed by atoms with Gasteiger partial charge in [-0.3, -0.25) is 67.3 Å². The number of rotatable bonds is 42. The SMILES string of the molecule is CSCC[C@H](NC(=O)[C@@H](CC(C)C)NC(=O)CNC(=O)[C@@H](Cc1ccccc1)NC(=O)[C@@H](Cc1ccccc1)NC(=O)[C@@H](CCC(N)=O)NC(=O)[C@@H](CCC(N)=O)NC(=O)[C@H]1CCCN1C(=O)[C@H](CCCCN)NC(=O)[C@H]1CCCN1C(=O)[C@@H](N)CCCN=C(N)N)C(N)=O. The first-order valence-corrected chi connectivity index (χ1v) is 33.6. The summed E-state index contributed by atoms with van der Waals surface area (Å²) in [5.74, 6) is -9.80. The van der Waals surface area contributed by atoms with Crippen LogP contribution in [0.4, 0.5) is 0 Å². The second-order valence-electron chi connectivity index (χ2n) is 24.1. The Morgan fingerprint density at radius 2 is 1.01 bits per heavy atom. The Hall–Kier alpha value is -8.91. The van der Waals surface area contributed by atoms with Crippen molar-refractivity contribution in [3.05, 3.63) is 71.8 Å². The van der Waals surface area contributed by atoms with Gasteiger partial charge in [0, 0.05) is 45.3 Å². The van der Waals surface area contributed by atoms with Gasteiger partial charge in [-0.1, -0.05) is 74.5 Å². The van der Waals surface area contributed by atoms with E-state index in [0.717, 1.165) is 0 Å². The van der Waals surface area contributed by atoms with Crippen LogP contribution in [0, 0.1) is 5.92 Å². The zero-order valence-electron chi connectivity index (χ0n) is 54.5. The summed E-state index contributed by atoms with van der Waals surface area (Å²) >= 11 is 1.45. The summed E-state index contributed by atoms with van der Waals surface area (Å²) in [6, 6.07) is 4.51. The maximum atomic E-state index is 14.7. The lowest BCUT2D eigenvalue weighted by Crippen LogP contribution is -2.60. The van der Waals surface area contributed by atoms with E-state index in [9.17, 15) is 62.3 Å². The van der Waals surface area contributed by atoms with Crippen molar-refractivity contribution in [3.8, 4) is 0 Å². The molecule has 31 nitrogen and oxygen atoms in total. The molecular formula is C63H98N18O13S. The zero-order valence-corrected chi connectivity index (χ0v) is 55.3. The van der Waals surface area contributed by atoms with Crippen LogP contribution < -0.4 is 82.7 Å². The van der Waals surface area contributed by atoms with Gasteiger partial charge in [-0.25, -0.2) is 0 Å². The molecule has 2 aliphatic heterocycles. The van der Waals surface area contributed by atoms with Gasteiger partial charge in [-0.15, -0.1) is 0 Å². The van der Waals surface area contributed by atoms with Crippen LogP contribution in [0.2, 0.25) is 0 Å². The van der Waals surface area contributed by atoms with Crippen molar-refractivity contribution < 1.29 is 62.3 Å². The van der Waals surface area contributed by atoms with E-state index < -0.39 is 169 Å². The summed E-state index contributed by atoms with van der Waals surface area (Å²) in [6.07, 6.45) is 3.12. The molecule has 2 heterocycles. The highest BCUT2D eigenvalue weighted by Crippen LogP contribution is 2.24. The highest BCUT2D eigenvalue weighted by Gasteiger charge is 2.42. The van der Waals surface area contributed by atoms with Gasteiger partial charge in [0.25, 0.3) is 0 Å². The van der Waals surface area contributed by atoms with E-state index in [1.807, 2.05) is 20.1 Å². The fourth-order valence-corrected chi connectivity index (χ4v) is 11.5. The number of nitrogens with one attached hydrogen (secondary N) is 8. The Balaban J connectivity index is 1.56. The highest BCUT2D eigenvalue weighted by atomic mass is 32.2. The molecule has 2 aromatic rings. The van der Waals surface area contributed by atoms with Crippen LogP contribution in [0.3, 0.4) is 0 Å². The van der Waals surface area contributed by atoms with Crippen LogP contribution in [0.15, 0.2) is 65.7 Å². The molecule has 2 aromatic carbocycles. The molecule has 2 fully saturated rings. The minimum Gasteiger partial charge on any atom is -0.370 e. The molecule has 0 bridgehead atoms. The molecular weight excluding hydrogens is 1250 g/mol. The second kappa shape index (κ2) is 41.0. The number of unbranched alkanes of at least 4 members (excludes halogenated alkanes) is 1. The molecule has 0 saturated carbocycles. The molecule has 0 radical (unpaired) electrons. The molecule has 2 aliphatic rings. The van der Waals surface area contributed by atoms with Crippen molar-refractivity contribution in [2.24, 2.45) is 51.0 Å². The molecule has 0 unspecified atom stereocenters. The average molecular weight is 1350 g/mol. The molecule has 524 valence electrons. The lowest BCUT2D eigenvalue weighted by atomic mass is 10.0. The number of amides is 13. The molecule has 0 aromatic heterocycles. The Morgan fingerprint density at radius 1 is 0.537 bits per heavy atom. The molecule has 0 spiro atoms. The first kappa shape index (κ1) is 78.5. The Kier molecular flexibility index (Phi) is 33.9. The van der Waals surface area contributed by atoms with Gasteiger partial charge in [0.15, 0.2) is 5.96 Å². The number of thioether (sulfide) groups is 1. The number of carbonyl (C=O) groups excluding carboxylic acids is 13. The van der Waals surface area contributed by atoms with Crippen molar-refractivity contribution in [2.45, 2.75) is 183 Å². The number of nitrogens with two attached hydrogens (primary N) is 7. The molecule has 13 amide bonds. The summed E-state index contributed by atoms with van der Waals surface area (Å²) in [5.41, 5.74) is 40.6. The minimum atomic E-state index is -1.64. The number of primary amides is 3. The van der Waals surface area contributed by atoms with Crippen LogP contribution in [-0.2, 0) is 75.2 Å². The quantitative estimate of drug-likeness (QED) is 0.0173. The fraction of sp³-hybridized carbons (Fsp3) is 0.587. The van der Waals surface area contributed by atoms with Gasteiger partial charge in [0.2, 0.25) is 76.8 Å². The number of hydrogen-bond acceptors (Lipinski definition) is 17. The predicted octanol–water partition coefficient (Wildman–Crippen LogP) is -3.71. The van der Waals surface area contributed by atoms with Gasteiger partial charge < -0.3 is 92.5 Å². The number of guanidine groups is 1. The number of carbonyl (C=O) groups is 13. The van der Waals surface area contributed by atoms with E-state index in [4.69, 9.17) is 40.1 Å². The average Bonchev–Trinajstić information content (AvgIpc) is 1.74. The summed E-state index contributed by atoms with van der Waals surface area (Å²) in [5, 5.41) is 21.1. The third kappa shape index (κ3) is 27.5. The van der Waals surface area contributed by atoms with E-state index in [2.05, 4.69) is 47.5 Å². The van der Waals surface area contributed by atoms with Gasteiger partial charge in [-0.05, 0) is 119 Å². The standard InChI is InChI=1S/C63H98N18O13S/c1-37(2)33-45(57(89)74-41(53(68)85)27-32-95-3)73-52(84)36-72-54(86)46(34-38-15-6-4-7-16-38)78-58(90)47(35-39-17-8-5-9-18-39)79-56(88)42(23-25-50(66)82)75-55(87)43(24-26-51(67)83)76-59(91)49-22-14-31-81(49)62(94)44(20-10-11-28-64)77-60(92)48-21-13-30-80(48)61(93)40(65)19-12-29-71-63(69)70/h4-9,15-18,37,40-49H,10-14,19-36,64-65H2,1-3H3,(H2,66,82)(H2,67,83)(H2,68,85)(H,72,86)(H,73,84)(H,74,89)(H,75,87)(H,76,91)(H,77,92)(H,78,90)(H,79,88)(H4,69,70,71)/t40-,41-,42+,43+,44-,45+,46+,47+,48+,49+/m0/s1. The number of hydrogen-bond donors (Lipinski definition) is 15. The number of likely N-dealkylation sites (tertiary alicyclic amines) is 2. The normalized spacial score (nSPS) is 16.8. The van der Waals surface area contributed by atoms with Gasteiger partial charge in [0.1, 0.15) is 54.4 Å². The summed E-state index contributed by atoms with van der Waals surface area (Å²) < 4.78 is 0. The predicted molar refractivity (Wildman–Crippen MR) is 356 cm³/mol. The monoisotopic (exact) mass is 1350 g/mol. The van der Waals surface area contributed by atoms with Gasteiger partial charge >= 0.3 is 0 Å². The van der Waals surface area contributed by atoms with Crippen LogP contribution >= 0.6 is 11.8 Å². The third-order valence-corrected chi connectivity index (χ3v) is 16.7. The molecule has 22 N–H and O–H groups in total. The molecule has 2 saturated heterocycles. The van der Waals surface area contributed by atoms with Crippen molar-refractivity contribution in [3.63, 3.8) is 0 Å². The van der Waals surface area contributed by atoms with E-state index >= 15 is 0 Å². The Labute approximate surface area is 558 Å². The maximum Gasteiger partial charge on any atom is 0.245 e. The van der Waals surface area contributed by atoms with E-state index in [1.165, 1.54) is 21.6 Å². The highest BCUT2D eigenvalue weighted by molar-refractivity contribution is 7.98. The molecule has 10 atom stereocenters. The lowest BCUT2D eigenvalue weighted by molar-refractivity contribution is -0.144. The van der Waals surface area contributed by atoms with Gasteiger partial charge in [0.05, 0.1) is 12.6 Å². The van der Waals surface area contributed by atoms with E-state index in [0.29, 0.717) is 55.4 Å². The van der Waals surface area contributed by atoms with Crippen molar-refractivity contribution in [2.75, 3.05) is 44.7 Å². The Morgan fingerprint density at radius 3 is 1.51 bits per heavy atom. The molecule has 95 heavy (non-hydrogen) atoms. The largest absolute Gasteiger partial charge is 0.370 e. The smallest absolute Gasteiger partial charge is 0.245 e. The number of benzene rings is 2. The van der Waals surface area contributed by atoms with Gasteiger partial charge in [-0.2, -0.15) is 11.8 Å². The number of nitrogens with zero attached hydrogens (tertiary/aromatic N) is 3. The first-order chi connectivity index (χ1) is 45.2. The summed E-state index contributed by atoms with van der Waals surface area (Å²) in [6.45, 7) is 3.86. The lowest BCUT2D eigenvalue weighted by Gasteiger charge is -2.32. The maximum absolute atomic E-state index is 14.7. The first-order valence-electron chi connectivity index (χ1n) is 32.2.